The number of rotatable bonds is 3. The van der Waals surface area contributed by atoms with Gasteiger partial charge in [-0.2, -0.15) is 4.31 Å². The summed E-state index contributed by atoms with van der Waals surface area (Å²) in [7, 11) is -3.56. The van der Waals surface area contributed by atoms with Gasteiger partial charge in [-0.1, -0.05) is 0 Å². The van der Waals surface area contributed by atoms with Gasteiger partial charge in [0.25, 0.3) is 0 Å². The fourth-order valence-electron chi connectivity index (χ4n) is 5.32. The summed E-state index contributed by atoms with van der Waals surface area (Å²) in [5.41, 5.74) is 1.34. The highest BCUT2D eigenvalue weighted by Crippen LogP contribution is 2.37. The first-order chi connectivity index (χ1) is 15.3. The molecule has 2 amide bonds. The number of piperidine rings is 1. The molecule has 3 saturated heterocycles. The fraction of sp³-hybridized carbons (Fsp3) is 0.636. The number of ether oxygens (including phenoxy) is 2. The van der Waals surface area contributed by atoms with Crippen LogP contribution in [0.25, 0.3) is 0 Å². The zero-order chi connectivity index (χ0) is 22.5. The zero-order valence-corrected chi connectivity index (χ0v) is 19.1. The van der Waals surface area contributed by atoms with Gasteiger partial charge in [0.05, 0.1) is 18.1 Å². The van der Waals surface area contributed by atoms with E-state index in [1.807, 2.05) is 0 Å². The number of hydrogen-bond donors (Lipinski definition) is 0. The Bertz CT molecular complexity index is 1020. The Morgan fingerprint density at radius 2 is 1.69 bits per heavy atom. The van der Waals surface area contributed by atoms with Crippen molar-refractivity contribution in [3.63, 3.8) is 0 Å². The Labute approximate surface area is 188 Å². The van der Waals surface area contributed by atoms with E-state index in [0.29, 0.717) is 64.3 Å². The number of sulfonamides is 1. The van der Waals surface area contributed by atoms with Crippen LogP contribution >= 0.6 is 0 Å². The number of benzene rings is 1. The van der Waals surface area contributed by atoms with Crippen LogP contribution < -0.4 is 4.90 Å². The first-order valence-corrected chi connectivity index (χ1v) is 12.7. The Kier molecular flexibility index (Phi) is 5.51. The summed E-state index contributed by atoms with van der Waals surface area (Å²) in [6, 6.07) is 4.19. The minimum Gasteiger partial charge on any atom is -0.347 e. The molecule has 3 fully saturated rings. The summed E-state index contributed by atoms with van der Waals surface area (Å²) < 4.78 is 39.0. The summed E-state index contributed by atoms with van der Waals surface area (Å²) in [4.78, 5) is 29.4. The van der Waals surface area contributed by atoms with Gasteiger partial charge in [0.2, 0.25) is 21.8 Å². The van der Waals surface area contributed by atoms with Gasteiger partial charge in [-0.25, -0.2) is 8.42 Å². The van der Waals surface area contributed by atoms with Crippen molar-refractivity contribution >= 4 is 27.5 Å². The lowest BCUT2D eigenvalue weighted by molar-refractivity contribution is -0.187. The number of hydrogen-bond acceptors (Lipinski definition) is 6. The second-order valence-corrected chi connectivity index (χ2v) is 10.9. The van der Waals surface area contributed by atoms with Crippen molar-refractivity contribution in [3.05, 3.63) is 23.8 Å². The average Bonchev–Trinajstić information content (AvgIpc) is 3.53. The minimum atomic E-state index is -3.56. The molecule has 9 nitrogen and oxygen atoms in total. The standard InChI is InChI=1S/C22H29N3O6S/c1-16(26)25-19-5-4-18(32(28,29)24-8-2-3-9-24)14-17(19)15-20(25)21(27)23-10-6-22(7-11-23)30-12-13-31-22/h4-5,14,20H,2-3,6-13,15H2,1H3/t20-/m1/s1. The topological polar surface area (TPSA) is 96.5 Å². The van der Waals surface area contributed by atoms with Crippen molar-refractivity contribution in [2.24, 2.45) is 0 Å². The smallest absolute Gasteiger partial charge is 0.246 e. The number of fused-ring (bicyclic) bond motifs is 1. The van der Waals surface area contributed by atoms with E-state index >= 15 is 0 Å². The predicted molar refractivity (Wildman–Crippen MR) is 116 cm³/mol. The van der Waals surface area contributed by atoms with Crippen molar-refractivity contribution in [1.29, 1.82) is 0 Å². The van der Waals surface area contributed by atoms with Crippen LogP contribution in [0.5, 0.6) is 0 Å². The molecule has 4 aliphatic heterocycles. The maximum absolute atomic E-state index is 13.4. The van der Waals surface area contributed by atoms with E-state index in [-0.39, 0.29) is 16.7 Å². The van der Waals surface area contributed by atoms with Crippen LogP contribution in [0.4, 0.5) is 5.69 Å². The molecule has 0 unspecified atom stereocenters. The van der Waals surface area contributed by atoms with Gasteiger partial charge < -0.3 is 14.4 Å². The van der Waals surface area contributed by atoms with Gasteiger partial charge in [0, 0.05) is 58.1 Å². The van der Waals surface area contributed by atoms with Crippen LogP contribution in [0.15, 0.2) is 23.1 Å². The monoisotopic (exact) mass is 463 g/mol. The van der Waals surface area contributed by atoms with E-state index in [4.69, 9.17) is 9.47 Å². The van der Waals surface area contributed by atoms with Gasteiger partial charge >= 0.3 is 0 Å². The van der Waals surface area contributed by atoms with E-state index in [2.05, 4.69) is 0 Å². The molecule has 1 aromatic carbocycles. The van der Waals surface area contributed by atoms with Gasteiger partial charge in [-0.3, -0.25) is 14.5 Å². The SMILES string of the molecule is CC(=O)N1c2ccc(S(=O)(=O)N3CCCC3)cc2C[C@@H]1C(=O)N1CCC2(CC1)OCCO2. The normalized spacial score (nSPS) is 25.5. The number of nitrogens with zero attached hydrogens (tertiary/aromatic N) is 3. The van der Waals surface area contributed by atoms with E-state index in [1.54, 1.807) is 23.1 Å². The van der Waals surface area contributed by atoms with Crippen molar-refractivity contribution in [1.82, 2.24) is 9.21 Å². The summed E-state index contributed by atoms with van der Waals surface area (Å²) in [5, 5.41) is 0. The molecule has 0 radical (unpaired) electrons. The van der Waals surface area contributed by atoms with Crippen LogP contribution in [-0.4, -0.2) is 80.7 Å². The Balaban J connectivity index is 1.36. The van der Waals surface area contributed by atoms with Crippen LogP contribution in [0.2, 0.25) is 0 Å². The molecule has 1 spiro atoms. The molecule has 4 heterocycles. The highest BCUT2D eigenvalue weighted by atomic mass is 32.2. The lowest BCUT2D eigenvalue weighted by atomic mass is 10.0. The van der Waals surface area contributed by atoms with E-state index in [1.165, 1.54) is 16.1 Å². The van der Waals surface area contributed by atoms with E-state index in [0.717, 1.165) is 18.4 Å². The van der Waals surface area contributed by atoms with Crippen LogP contribution in [0.3, 0.4) is 0 Å². The van der Waals surface area contributed by atoms with Crippen LogP contribution in [0, 0.1) is 0 Å². The summed E-state index contributed by atoms with van der Waals surface area (Å²) in [6.07, 6.45) is 3.26. The molecule has 0 saturated carbocycles. The minimum absolute atomic E-state index is 0.117. The molecule has 5 rings (SSSR count). The molecule has 1 aromatic rings. The molecular weight excluding hydrogens is 434 g/mol. The second kappa shape index (κ2) is 8.09. The Morgan fingerprint density at radius 1 is 1.03 bits per heavy atom. The number of likely N-dealkylation sites (tertiary alicyclic amines) is 1. The molecule has 0 bridgehead atoms. The fourth-order valence-corrected chi connectivity index (χ4v) is 6.89. The maximum Gasteiger partial charge on any atom is 0.246 e. The zero-order valence-electron chi connectivity index (χ0n) is 18.3. The third kappa shape index (κ3) is 3.63. The van der Waals surface area contributed by atoms with Gasteiger partial charge in [0.1, 0.15) is 6.04 Å². The molecular formula is C22H29N3O6S. The predicted octanol–water partition coefficient (Wildman–Crippen LogP) is 1.11. The van der Waals surface area contributed by atoms with Crippen molar-refractivity contribution < 1.29 is 27.5 Å². The quantitative estimate of drug-likeness (QED) is 0.667. The van der Waals surface area contributed by atoms with Gasteiger partial charge in [0.15, 0.2) is 5.79 Å². The number of amides is 2. The van der Waals surface area contributed by atoms with Gasteiger partial charge in [-0.05, 0) is 36.6 Å². The second-order valence-electron chi connectivity index (χ2n) is 8.94. The molecule has 10 heteroatoms. The molecule has 174 valence electrons. The maximum atomic E-state index is 13.4. The van der Waals surface area contributed by atoms with E-state index in [9.17, 15) is 18.0 Å². The Hall–Kier alpha value is -2.01. The highest BCUT2D eigenvalue weighted by molar-refractivity contribution is 7.89. The van der Waals surface area contributed by atoms with Crippen molar-refractivity contribution in [2.75, 3.05) is 44.3 Å². The van der Waals surface area contributed by atoms with E-state index < -0.39 is 21.9 Å². The first-order valence-electron chi connectivity index (χ1n) is 11.3. The molecule has 0 aliphatic carbocycles. The van der Waals surface area contributed by atoms with Crippen LogP contribution in [0.1, 0.15) is 38.2 Å². The average molecular weight is 464 g/mol. The summed E-state index contributed by atoms with van der Waals surface area (Å²) in [5.74, 6) is -0.921. The number of anilines is 1. The lowest BCUT2D eigenvalue weighted by Crippen LogP contribution is -2.54. The number of carbonyl (C=O) groups is 2. The summed E-state index contributed by atoms with van der Waals surface area (Å²) >= 11 is 0. The molecule has 0 N–H and O–H groups in total. The highest BCUT2D eigenvalue weighted by Gasteiger charge is 2.45. The molecule has 1 atom stereocenters. The van der Waals surface area contributed by atoms with Crippen molar-refractivity contribution in [2.45, 2.75) is 55.8 Å². The van der Waals surface area contributed by atoms with Gasteiger partial charge in [-0.15, -0.1) is 0 Å². The third-order valence-electron chi connectivity index (χ3n) is 7.01. The Morgan fingerprint density at radius 3 is 2.31 bits per heavy atom. The molecule has 4 aliphatic rings. The van der Waals surface area contributed by atoms with Crippen LogP contribution in [-0.2, 0) is 35.5 Å². The number of carbonyl (C=O) groups excluding carboxylic acids is 2. The third-order valence-corrected chi connectivity index (χ3v) is 8.91. The molecule has 32 heavy (non-hydrogen) atoms. The largest absolute Gasteiger partial charge is 0.347 e. The lowest BCUT2D eigenvalue weighted by Gasteiger charge is -2.39. The molecule has 0 aromatic heterocycles. The first kappa shape index (κ1) is 21.8. The summed E-state index contributed by atoms with van der Waals surface area (Å²) in [6.45, 7) is 4.67. The van der Waals surface area contributed by atoms with Crippen molar-refractivity contribution in [3.8, 4) is 0 Å².